The molecular formula is C41H39Cl3FN3O4. The van der Waals surface area contributed by atoms with Gasteiger partial charge in [-0.15, -0.1) is 12.4 Å². The molecule has 1 aliphatic heterocycles. The number of ether oxygens (including phenoxy) is 3. The Bertz CT molecular complexity index is 1930. The van der Waals surface area contributed by atoms with E-state index in [4.69, 9.17) is 37.4 Å². The number of hydrogen-bond acceptors (Lipinski definition) is 6. The van der Waals surface area contributed by atoms with E-state index in [-0.39, 0.29) is 24.1 Å². The van der Waals surface area contributed by atoms with Crippen molar-refractivity contribution in [1.29, 1.82) is 0 Å². The van der Waals surface area contributed by atoms with Gasteiger partial charge in [0.25, 0.3) is 0 Å². The van der Waals surface area contributed by atoms with Gasteiger partial charge in [-0.25, -0.2) is 9.37 Å². The maximum Gasteiger partial charge on any atom is 0.246 e. The standard InChI is InChI=1S/C41H38Cl2FN3O4.ClH/c1-29-22-33(23-38(43)41(29)51-39-16-15-36(24-45-39)50-28-34-4-2-3-5-37(34)42)12-17-40(48)47-20-18-46(19-21-47)25-30-6-8-31(9-7-30)26-49-27-32-10-13-35(44)14-11-32;/h2-17,22-24H,18-21,25-28H2,1H3;1H/b17-12+;. The Morgan fingerprint density at radius 1 is 0.827 bits per heavy atom. The number of pyridine rings is 1. The normalized spacial score (nSPS) is 13.2. The van der Waals surface area contributed by atoms with Crippen LogP contribution in [-0.2, 0) is 35.9 Å². The second-order valence-corrected chi connectivity index (χ2v) is 13.1. The summed E-state index contributed by atoms with van der Waals surface area (Å²) in [6.45, 7) is 6.87. The Morgan fingerprint density at radius 3 is 2.15 bits per heavy atom. The molecule has 1 aliphatic rings. The third-order valence-electron chi connectivity index (χ3n) is 8.50. The van der Waals surface area contributed by atoms with E-state index in [1.54, 1.807) is 48.7 Å². The molecule has 0 N–H and O–H groups in total. The van der Waals surface area contributed by atoms with Gasteiger partial charge in [0, 0.05) is 55.5 Å². The summed E-state index contributed by atoms with van der Waals surface area (Å²) >= 11 is 12.8. The SMILES string of the molecule is Cc1cc(/C=C/C(=O)N2CCN(Cc3ccc(COCc4ccc(F)cc4)cc3)CC2)cc(Cl)c1Oc1ccc(OCc2ccccc2Cl)cn1.Cl. The predicted octanol–water partition coefficient (Wildman–Crippen LogP) is 9.70. The minimum absolute atomic E-state index is 0. The maximum absolute atomic E-state index is 13.1. The second kappa shape index (κ2) is 18.9. The number of aryl methyl sites for hydroxylation is 1. The Balaban J connectivity index is 0.00000523. The zero-order valence-electron chi connectivity index (χ0n) is 28.6. The lowest BCUT2D eigenvalue weighted by Gasteiger charge is -2.34. The molecule has 0 spiro atoms. The van der Waals surface area contributed by atoms with Crippen molar-refractivity contribution in [3.05, 3.63) is 159 Å². The van der Waals surface area contributed by atoms with E-state index in [1.807, 2.05) is 42.2 Å². The molecule has 1 saturated heterocycles. The molecule has 0 atom stereocenters. The van der Waals surface area contributed by atoms with Crippen LogP contribution in [0.2, 0.25) is 10.0 Å². The van der Waals surface area contributed by atoms with E-state index in [0.717, 1.165) is 47.5 Å². The Labute approximate surface area is 320 Å². The molecule has 1 aromatic heterocycles. The first-order chi connectivity index (χ1) is 24.8. The largest absolute Gasteiger partial charge is 0.487 e. The molecule has 270 valence electrons. The molecule has 5 aromatic rings. The van der Waals surface area contributed by atoms with Gasteiger partial charge in [-0.3, -0.25) is 9.69 Å². The third-order valence-corrected chi connectivity index (χ3v) is 9.15. The van der Waals surface area contributed by atoms with Gasteiger partial charge in [0.05, 0.1) is 24.4 Å². The van der Waals surface area contributed by atoms with Gasteiger partial charge in [-0.2, -0.15) is 0 Å². The number of hydrogen-bond donors (Lipinski definition) is 0. The lowest BCUT2D eigenvalue weighted by Crippen LogP contribution is -2.47. The lowest BCUT2D eigenvalue weighted by molar-refractivity contribution is -0.127. The number of halogens is 4. The van der Waals surface area contributed by atoms with Gasteiger partial charge in [0.2, 0.25) is 11.8 Å². The van der Waals surface area contributed by atoms with E-state index in [9.17, 15) is 9.18 Å². The number of nitrogens with zero attached hydrogens (tertiary/aromatic N) is 3. The Morgan fingerprint density at radius 2 is 1.50 bits per heavy atom. The van der Waals surface area contributed by atoms with E-state index >= 15 is 0 Å². The second-order valence-electron chi connectivity index (χ2n) is 12.3. The first kappa shape index (κ1) is 38.8. The summed E-state index contributed by atoms with van der Waals surface area (Å²) in [5.41, 5.74) is 5.74. The fourth-order valence-corrected chi connectivity index (χ4v) is 6.15. The van der Waals surface area contributed by atoms with Gasteiger partial charge < -0.3 is 19.1 Å². The van der Waals surface area contributed by atoms with Crippen LogP contribution in [-0.4, -0.2) is 46.9 Å². The summed E-state index contributed by atoms with van der Waals surface area (Å²) < 4.78 is 30.7. The molecule has 4 aromatic carbocycles. The zero-order valence-corrected chi connectivity index (χ0v) is 31.0. The minimum atomic E-state index is -0.249. The fraction of sp³-hybridized carbons (Fsp3) is 0.220. The molecule has 2 heterocycles. The van der Waals surface area contributed by atoms with Gasteiger partial charge in [0.1, 0.15) is 18.2 Å². The van der Waals surface area contributed by atoms with Gasteiger partial charge >= 0.3 is 0 Å². The smallest absolute Gasteiger partial charge is 0.246 e. The summed E-state index contributed by atoms with van der Waals surface area (Å²) in [5.74, 6) is 1.18. The average molecular weight is 763 g/mol. The number of rotatable bonds is 13. The molecule has 0 radical (unpaired) electrons. The first-order valence-corrected chi connectivity index (χ1v) is 17.4. The molecule has 7 nitrogen and oxygen atoms in total. The number of carbonyl (C=O) groups excluding carboxylic acids is 1. The molecule has 52 heavy (non-hydrogen) atoms. The Kier molecular flexibility index (Phi) is 14.1. The molecule has 1 fully saturated rings. The summed E-state index contributed by atoms with van der Waals surface area (Å²) in [4.78, 5) is 21.6. The van der Waals surface area contributed by atoms with Gasteiger partial charge in [-0.05, 0) is 77.2 Å². The molecule has 0 unspecified atom stereocenters. The number of amides is 1. The number of benzene rings is 4. The van der Waals surface area contributed by atoms with Crippen LogP contribution in [0.4, 0.5) is 4.39 Å². The molecule has 0 bridgehead atoms. The van der Waals surface area contributed by atoms with Gasteiger partial charge in [-0.1, -0.05) is 77.8 Å². The highest BCUT2D eigenvalue weighted by Crippen LogP contribution is 2.34. The van der Waals surface area contributed by atoms with Gasteiger partial charge in [0.15, 0.2) is 5.75 Å². The first-order valence-electron chi connectivity index (χ1n) is 16.7. The van der Waals surface area contributed by atoms with Crippen LogP contribution in [0.5, 0.6) is 17.4 Å². The van der Waals surface area contributed by atoms with Crippen molar-refractivity contribution in [3.8, 4) is 17.4 Å². The van der Waals surface area contributed by atoms with Crippen LogP contribution < -0.4 is 9.47 Å². The molecule has 6 rings (SSSR count). The third kappa shape index (κ3) is 11.0. The van der Waals surface area contributed by atoms with E-state index in [0.29, 0.717) is 60.3 Å². The lowest BCUT2D eigenvalue weighted by atomic mass is 10.1. The number of piperazine rings is 1. The molecule has 0 saturated carbocycles. The van der Waals surface area contributed by atoms with Crippen molar-refractivity contribution in [3.63, 3.8) is 0 Å². The highest BCUT2D eigenvalue weighted by Gasteiger charge is 2.20. The van der Waals surface area contributed by atoms with Crippen LogP contribution in [0.1, 0.15) is 33.4 Å². The summed E-state index contributed by atoms with van der Waals surface area (Å²) in [5, 5.41) is 1.07. The average Bonchev–Trinajstić information content (AvgIpc) is 3.14. The number of carbonyl (C=O) groups is 1. The van der Waals surface area contributed by atoms with E-state index < -0.39 is 0 Å². The monoisotopic (exact) mass is 761 g/mol. The van der Waals surface area contributed by atoms with Crippen molar-refractivity contribution >= 4 is 47.6 Å². The maximum atomic E-state index is 13.1. The minimum Gasteiger partial charge on any atom is -0.487 e. The topological polar surface area (TPSA) is 64.1 Å². The summed E-state index contributed by atoms with van der Waals surface area (Å²) in [6, 6.07) is 29.5. The fourth-order valence-electron chi connectivity index (χ4n) is 5.64. The summed E-state index contributed by atoms with van der Waals surface area (Å²) in [6.07, 6.45) is 4.97. The number of aromatic nitrogens is 1. The van der Waals surface area contributed by atoms with Crippen LogP contribution in [0.15, 0.2) is 109 Å². The van der Waals surface area contributed by atoms with Crippen molar-refractivity contribution in [1.82, 2.24) is 14.8 Å². The highest BCUT2D eigenvalue weighted by molar-refractivity contribution is 6.32. The van der Waals surface area contributed by atoms with Crippen molar-refractivity contribution < 1.29 is 23.4 Å². The van der Waals surface area contributed by atoms with Crippen molar-refractivity contribution in [2.75, 3.05) is 26.2 Å². The summed E-state index contributed by atoms with van der Waals surface area (Å²) in [7, 11) is 0. The molecule has 0 aliphatic carbocycles. The molecule has 1 amide bonds. The Hall–Kier alpha value is -4.44. The van der Waals surface area contributed by atoms with Crippen molar-refractivity contribution in [2.24, 2.45) is 0 Å². The highest BCUT2D eigenvalue weighted by atomic mass is 35.5. The van der Waals surface area contributed by atoms with Crippen LogP contribution in [0.25, 0.3) is 6.08 Å². The van der Waals surface area contributed by atoms with Crippen LogP contribution in [0.3, 0.4) is 0 Å². The van der Waals surface area contributed by atoms with E-state index in [2.05, 4.69) is 34.1 Å². The zero-order chi connectivity index (χ0) is 35.6. The predicted molar refractivity (Wildman–Crippen MR) is 206 cm³/mol. The molecular weight excluding hydrogens is 724 g/mol. The van der Waals surface area contributed by atoms with Crippen molar-refractivity contribution in [2.45, 2.75) is 33.3 Å². The van der Waals surface area contributed by atoms with Crippen LogP contribution >= 0.6 is 35.6 Å². The molecule has 11 heteroatoms. The van der Waals surface area contributed by atoms with E-state index in [1.165, 1.54) is 17.7 Å². The quantitative estimate of drug-likeness (QED) is 0.111. The van der Waals surface area contributed by atoms with Crippen LogP contribution in [0, 0.1) is 12.7 Å².